The van der Waals surface area contributed by atoms with Crippen molar-refractivity contribution in [2.24, 2.45) is 0 Å². The molecule has 1 fully saturated rings. The number of nitrogens with one attached hydrogen (secondary N) is 1. The van der Waals surface area contributed by atoms with Gasteiger partial charge in [0.2, 0.25) is 5.91 Å². The number of anilines is 2. The van der Waals surface area contributed by atoms with Crippen molar-refractivity contribution in [3.63, 3.8) is 0 Å². The van der Waals surface area contributed by atoms with Crippen molar-refractivity contribution < 1.29 is 9.59 Å². The number of hydrogen-bond acceptors (Lipinski definition) is 4. The van der Waals surface area contributed by atoms with Gasteiger partial charge in [0.25, 0.3) is 5.91 Å². The molecule has 1 aliphatic heterocycles. The second-order valence-electron chi connectivity index (χ2n) is 6.22. The van der Waals surface area contributed by atoms with Gasteiger partial charge in [-0.1, -0.05) is 17.7 Å². The van der Waals surface area contributed by atoms with E-state index < -0.39 is 0 Å². The minimum atomic E-state index is -0.0925. The van der Waals surface area contributed by atoms with Crippen LogP contribution in [0.25, 0.3) is 0 Å². The summed E-state index contributed by atoms with van der Waals surface area (Å²) in [6, 6.07) is 11.7. The van der Waals surface area contributed by atoms with E-state index in [1.165, 1.54) is 5.56 Å². The molecule has 130 valence electrons. The number of aryl methyl sites for hydroxylation is 1. The van der Waals surface area contributed by atoms with E-state index in [1.807, 2.05) is 37.3 Å². The Labute approximate surface area is 147 Å². The van der Waals surface area contributed by atoms with E-state index in [-0.39, 0.29) is 11.8 Å². The number of aromatic nitrogens is 1. The van der Waals surface area contributed by atoms with E-state index in [2.05, 4.69) is 10.3 Å². The van der Waals surface area contributed by atoms with Gasteiger partial charge >= 0.3 is 0 Å². The van der Waals surface area contributed by atoms with Gasteiger partial charge in [0, 0.05) is 38.8 Å². The number of hydrogen-bond donors (Lipinski definition) is 1. The van der Waals surface area contributed by atoms with Gasteiger partial charge in [0.05, 0.1) is 11.9 Å². The van der Waals surface area contributed by atoms with Crippen LogP contribution in [0.5, 0.6) is 0 Å². The molecule has 1 aromatic heterocycles. The van der Waals surface area contributed by atoms with E-state index in [1.54, 1.807) is 29.0 Å². The van der Waals surface area contributed by atoms with Gasteiger partial charge < -0.3 is 15.1 Å². The van der Waals surface area contributed by atoms with Crippen LogP contribution in [0.4, 0.5) is 11.4 Å². The van der Waals surface area contributed by atoms with Crippen LogP contribution < -0.4 is 5.32 Å². The highest BCUT2D eigenvalue weighted by Crippen LogP contribution is 2.17. The first-order valence-electron chi connectivity index (χ1n) is 8.37. The molecule has 3 rings (SSSR count). The summed E-state index contributed by atoms with van der Waals surface area (Å²) >= 11 is 0. The maximum Gasteiger partial charge on any atom is 0.272 e. The molecule has 0 atom stereocenters. The van der Waals surface area contributed by atoms with E-state index in [4.69, 9.17) is 0 Å². The van der Waals surface area contributed by atoms with Crippen LogP contribution in [-0.4, -0.2) is 52.8 Å². The first kappa shape index (κ1) is 17.0. The Morgan fingerprint density at radius 3 is 2.08 bits per heavy atom. The lowest BCUT2D eigenvalue weighted by molar-refractivity contribution is -0.130. The molecule has 1 aromatic carbocycles. The third-order valence-corrected chi connectivity index (χ3v) is 4.34. The molecule has 2 aromatic rings. The van der Waals surface area contributed by atoms with Crippen molar-refractivity contribution >= 4 is 23.2 Å². The SMILES string of the molecule is CC(=O)N1CCN(C(=O)c2ccc(Nc3ccc(C)cc3)cn2)CC1. The van der Waals surface area contributed by atoms with Crippen molar-refractivity contribution in [1.29, 1.82) is 0 Å². The monoisotopic (exact) mass is 338 g/mol. The lowest BCUT2D eigenvalue weighted by Crippen LogP contribution is -2.50. The maximum atomic E-state index is 12.5. The Morgan fingerprint density at radius 2 is 1.52 bits per heavy atom. The number of pyridine rings is 1. The van der Waals surface area contributed by atoms with Crippen LogP contribution in [0.15, 0.2) is 42.6 Å². The van der Waals surface area contributed by atoms with Gasteiger partial charge in [-0.15, -0.1) is 0 Å². The highest BCUT2D eigenvalue weighted by atomic mass is 16.2. The molecule has 1 aliphatic rings. The van der Waals surface area contributed by atoms with Gasteiger partial charge in [-0.05, 0) is 31.2 Å². The quantitative estimate of drug-likeness (QED) is 0.933. The van der Waals surface area contributed by atoms with E-state index in [0.717, 1.165) is 11.4 Å². The highest BCUT2D eigenvalue weighted by Gasteiger charge is 2.23. The molecule has 0 unspecified atom stereocenters. The molecule has 1 N–H and O–H groups in total. The first-order chi connectivity index (χ1) is 12.0. The molecule has 6 nitrogen and oxygen atoms in total. The summed E-state index contributed by atoms with van der Waals surface area (Å²) in [6.45, 7) is 5.84. The number of rotatable bonds is 3. The standard InChI is InChI=1S/C19H22N4O2/c1-14-3-5-16(6-4-14)21-17-7-8-18(20-13-17)19(25)23-11-9-22(10-12-23)15(2)24/h3-8,13,21H,9-12H2,1-2H3. The van der Waals surface area contributed by atoms with Crippen LogP contribution in [-0.2, 0) is 4.79 Å². The molecule has 0 spiro atoms. The smallest absolute Gasteiger partial charge is 0.272 e. The van der Waals surface area contributed by atoms with Crippen LogP contribution >= 0.6 is 0 Å². The Kier molecular flexibility index (Phi) is 4.97. The molecule has 1 saturated heterocycles. The second kappa shape index (κ2) is 7.34. The van der Waals surface area contributed by atoms with Crippen molar-refractivity contribution in [3.05, 3.63) is 53.9 Å². The summed E-state index contributed by atoms with van der Waals surface area (Å²) in [5.74, 6) is -0.0400. The van der Waals surface area contributed by atoms with Gasteiger partial charge in [-0.3, -0.25) is 9.59 Å². The zero-order valence-corrected chi connectivity index (χ0v) is 14.5. The van der Waals surface area contributed by atoms with Crippen LogP contribution in [0.1, 0.15) is 23.0 Å². The minimum absolute atomic E-state index is 0.0526. The third-order valence-electron chi connectivity index (χ3n) is 4.34. The lowest BCUT2D eigenvalue weighted by atomic mass is 10.2. The van der Waals surface area contributed by atoms with Gasteiger partial charge in [0.1, 0.15) is 5.69 Å². The Bertz CT molecular complexity index is 748. The summed E-state index contributed by atoms with van der Waals surface area (Å²) in [5.41, 5.74) is 3.44. The Balaban J connectivity index is 1.61. The third kappa shape index (κ3) is 4.15. The van der Waals surface area contributed by atoms with E-state index >= 15 is 0 Å². The fourth-order valence-electron chi connectivity index (χ4n) is 2.78. The number of nitrogens with zero attached hydrogens (tertiary/aromatic N) is 3. The van der Waals surface area contributed by atoms with Crippen molar-refractivity contribution in [3.8, 4) is 0 Å². The lowest BCUT2D eigenvalue weighted by Gasteiger charge is -2.34. The second-order valence-corrected chi connectivity index (χ2v) is 6.22. The Hall–Kier alpha value is -2.89. The highest BCUT2D eigenvalue weighted by molar-refractivity contribution is 5.92. The summed E-state index contributed by atoms with van der Waals surface area (Å²) in [5, 5.41) is 3.26. The van der Waals surface area contributed by atoms with Gasteiger partial charge in [-0.25, -0.2) is 4.98 Å². The predicted molar refractivity (Wildman–Crippen MR) is 96.9 cm³/mol. The van der Waals surface area contributed by atoms with Crippen LogP contribution in [0.2, 0.25) is 0 Å². The largest absolute Gasteiger partial charge is 0.354 e. The summed E-state index contributed by atoms with van der Waals surface area (Å²) < 4.78 is 0. The maximum absolute atomic E-state index is 12.5. The number of benzene rings is 1. The molecule has 2 amide bonds. The summed E-state index contributed by atoms with van der Waals surface area (Å²) in [7, 11) is 0. The number of piperazine rings is 1. The molecule has 6 heteroatoms. The average Bonchev–Trinajstić information content (AvgIpc) is 2.64. The number of carbonyl (C=O) groups is 2. The van der Waals surface area contributed by atoms with Crippen molar-refractivity contribution in [1.82, 2.24) is 14.8 Å². The summed E-state index contributed by atoms with van der Waals surface area (Å²) in [6.07, 6.45) is 1.67. The Morgan fingerprint density at radius 1 is 0.920 bits per heavy atom. The van der Waals surface area contributed by atoms with E-state index in [0.29, 0.717) is 31.9 Å². The molecule has 0 bridgehead atoms. The molecular weight excluding hydrogens is 316 g/mol. The van der Waals surface area contributed by atoms with Gasteiger partial charge in [-0.2, -0.15) is 0 Å². The zero-order valence-electron chi connectivity index (χ0n) is 14.5. The van der Waals surface area contributed by atoms with Crippen molar-refractivity contribution in [2.75, 3.05) is 31.5 Å². The summed E-state index contributed by atoms with van der Waals surface area (Å²) in [4.78, 5) is 31.7. The van der Waals surface area contributed by atoms with E-state index in [9.17, 15) is 9.59 Å². The van der Waals surface area contributed by atoms with Crippen LogP contribution in [0.3, 0.4) is 0 Å². The number of amides is 2. The molecule has 25 heavy (non-hydrogen) atoms. The first-order valence-corrected chi connectivity index (χ1v) is 8.37. The minimum Gasteiger partial charge on any atom is -0.354 e. The molecule has 0 aliphatic carbocycles. The normalized spacial score (nSPS) is 14.3. The zero-order chi connectivity index (χ0) is 17.8. The molecule has 0 saturated carbocycles. The number of carbonyl (C=O) groups excluding carboxylic acids is 2. The topological polar surface area (TPSA) is 65.5 Å². The van der Waals surface area contributed by atoms with Gasteiger partial charge in [0.15, 0.2) is 0 Å². The predicted octanol–water partition coefficient (Wildman–Crippen LogP) is 2.44. The fraction of sp³-hybridized carbons (Fsp3) is 0.316. The van der Waals surface area contributed by atoms with Crippen LogP contribution in [0, 0.1) is 6.92 Å². The molecule has 2 heterocycles. The van der Waals surface area contributed by atoms with Crippen molar-refractivity contribution in [2.45, 2.75) is 13.8 Å². The average molecular weight is 338 g/mol. The molecular formula is C19H22N4O2. The molecule has 0 radical (unpaired) electrons. The fourth-order valence-corrected chi connectivity index (χ4v) is 2.78.